The average molecular weight is 399 g/mol. The first kappa shape index (κ1) is 19.7. The van der Waals surface area contributed by atoms with Crippen LogP contribution in [-0.4, -0.2) is 52.7 Å². The van der Waals surface area contributed by atoms with Crippen LogP contribution in [0.2, 0.25) is 0 Å². The van der Waals surface area contributed by atoms with Crippen molar-refractivity contribution in [2.75, 3.05) is 27.3 Å². The third-order valence-electron chi connectivity index (χ3n) is 6.37. The standard InChI is InChI=1S/C22H30N4O3/c1-15-13-23-20(17-5-4-6-17)26(15)14-16-9-11-25(12-10-16)22(27)18-7-8-19(28-2)24-21(18)29-3/h7-8,13,16-17H,4-6,9-12,14H2,1-3H3. The van der Waals surface area contributed by atoms with E-state index in [0.717, 1.165) is 32.5 Å². The highest BCUT2D eigenvalue weighted by Crippen LogP contribution is 2.36. The highest BCUT2D eigenvalue weighted by Gasteiger charge is 2.29. The van der Waals surface area contributed by atoms with Crippen LogP contribution in [0.25, 0.3) is 0 Å². The summed E-state index contributed by atoms with van der Waals surface area (Å²) in [6.45, 7) is 4.67. The van der Waals surface area contributed by atoms with Crippen LogP contribution in [0.1, 0.15) is 59.9 Å². The third kappa shape index (κ3) is 3.95. The number of pyridine rings is 1. The van der Waals surface area contributed by atoms with Gasteiger partial charge in [0.25, 0.3) is 5.91 Å². The molecule has 0 radical (unpaired) electrons. The maximum atomic E-state index is 13.0. The number of carbonyl (C=O) groups is 1. The molecule has 1 aliphatic heterocycles. The Labute approximate surface area is 172 Å². The molecule has 2 aromatic heterocycles. The first-order chi connectivity index (χ1) is 14.1. The van der Waals surface area contributed by atoms with Crippen LogP contribution in [0.3, 0.4) is 0 Å². The van der Waals surface area contributed by atoms with Gasteiger partial charge in [-0.1, -0.05) is 6.42 Å². The fraction of sp³-hybridized carbons (Fsp3) is 0.591. The van der Waals surface area contributed by atoms with Crippen LogP contribution in [0.15, 0.2) is 18.3 Å². The molecule has 0 N–H and O–H groups in total. The van der Waals surface area contributed by atoms with E-state index >= 15 is 0 Å². The monoisotopic (exact) mass is 398 g/mol. The lowest BCUT2D eigenvalue weighted by atomic mass is 9.84. The molecule has 0 bridgehead atoms. The fourth-order valence-corrected chi connectivity index (χ4v) is 4.31. The van der Waals surface area contributed by atoms with Gasteiger partial charge in [-0.15, -0.1) is 0 Å². The molecule has 2 fully saturated rings. The van der Waals surface area contributed by atoms with Crippen molar-refractivity contribution in [3.8, 4) is 11.8 Å². The van der Waals surface area contributed by atoms with Crippen LogP contribution in [-0.2, 0) is 6.54 Å². The lowest BCUT2D eigenvalue weighted by Gasteiger charge is -2.33. The van der Waals surface area contributed by atoms with Gasteiger partial charge in [0.05, 0.1) is 14.2 Å². The van der Waals surface area contributed by atoms with Crippen molar-refractivity contribution >= 4 is 5.91 Å². The van der Waals surface area contributed by atoms with Gasteiger partial charge in [-0.25, -0.2) is 4.98 Å². The van der Waals surface area contributed by atoms with Gasteiger partial charge < -0.3 is 18.9 Å². The normalized spacial score (nSPS) is 17.8. The van der Waals surface area contributed by atoms with Crippen molar-refractivity contribution in [2.45, 2.75) is 51.5 Å². The van der Waals surface area contributed by atoms with Crippen LogP contribution in [0.4, 0.5) is 0 Å². The molecule has 7 nitrogen and oxygen atoms in total. The topological polar surface area (TPSA) is 69.5 Å². The second-order valence-corrected chi connectivity index (χ2v) is 8.14. The number of hydrogen-bond acceptors (Lipinski definition) is 5. The number of aromatic nitrogens is 3. The Kier molecular flexibility index (Phi) is 5.74. The molecule has 1 saturated heterocycles. The number of imidazole rings is 1. The van der Waals surface area contributed by atoms with E-state index in [-0.39, 0.29) is 5.91 Å². The zero-order valence-corrected chi connectivity index (χ0v) is 17.6. The molecule has 2 aliphatic rings. The summed E-state index contributed by atoms with van der Waals surface area (Å²) in [5.74, 6) is 3.21. The Morgan fingerprint density at radius 3 is 2.52 bits per heavy atom. The molecular weight excluding hydrogens is 368 g/mol. The van der Waals surface area contributed by atoms with Gasteiger partial charge in [0, 0.05) is 43.5 Å². The first-order valence-corrected chi connectivity index (χ1v) is 10.5. The molecule has 1 aliphatic carbocycles. The highest BCUT2D eigenvalue weighted by molar-refractivity contribution is 5.96. The van der Waals surface area contributed by atoms with Crippen LogP contribution in [0.5, 0.6) is 11.8 Å². The molecule has 156 valence electrons. The van der Waals surface area contributed by atoms with E-state index in [2.05, 4.69) is 21.5 Å². The number of amides is 1. The average Bonchev–Trinajstić information content (AvgIpc) is 3.06. The van der Waals surface area contributed by atoms with Gasteiger partial charge in [-0.05, 0) is 44.6 Å². The Hall–Kier alpha value is -2.57. The van der Waals surface area contributed by atoms with Crippen molar-refractivity contribution in [3.63, 3.8) is 0 Å². The smallest absolute Gasteiger partial charge is 0.259 e. The minimum absolute atomic E-state index is 0.0237. The van der Waals surface area contributed by atoms with Crippen molar-refractivity contribution in [1.82, 2.24) is 19.4 Å². The maximum absolute atomic E-state index is 13.0. The molecule has 2 aromatic rings. The number of nitrogens with zero attached hydrogens (tertiary/aromatic N) is 4. The molecule has 0 atom stereocenters. The van der Waals surface area contributed by atoms with Gasteiger partial charge in [-0.2, -0.15) is 4.98 Å². The number of hydrogen-bond donors (Lipinski definition) is 0. The molecule has 0 aromatic carbocycles. The van der Waals surface area contributed by atoms with Gasteiger partial charge >= 0.3 is 0 Å². The SMILES string of the molecule is COc1ccc(C(=O)N2CCC(Cn3c(C)cnc3C3CCC3)CC2)c(OC)n1. The lowest BCUT2D eigenvalue weighted by molar-refractivity contribution is 0.0677. The summed E-state index contributed by atoms with van der Waals surface area (Å²) in [6.07, 6.45) is 7.86. The summed E-state index contributed by atoms with van der Waals surface area (Å²) in [4.78, 5) is 23.8. The number of piperidine rings is 1. The molecule has 0 spiro atoms. The summed E-state index contributed by atoms with van der Waals surface area (Å²) >= 11 is 0. The molecule has 0 unspecified atom stereocenters. The lowest BCUT2D eigenvalue weighted by Crippen LogP contribution is -2.39. The number of methoxy groups -OCH3 is 2. The number of ether oxygens (including phenoxy) is 2. The number of aryl methyl sites for hydroxylation is 1. The van der Waals surface area contributed by atoms with Crippen molar-refractivity contribution in [3.05, 3.63) is 35.4 Å². The summed E-state index contributed by atoms with van der Waals surface area (Å²) in [5, 5.41) is 0. The molecule has 1 amide bonds. The van der Waals surface area contributed by atoms with E-state index in [1.54, 1.807) is 19.2 Å². The summed E-state index contributed by atoms with van der Waals surface area (Å²) in [7, 11) is 3.07. The molecule has 1 saturated carbocycles. The molecule has 3 heterocycles. The molecule has 4 rings (SSSR count). The Morgan fingerprint density at radius 1 is 1.14 bits per heavy atom. The molecule has 7 heteroatoms. The second-order valence-electron chi connectivity index (χ2n) is 8.14. The second kappa shape index (κ2) is 8.43. The maximum Gasteiger partial charge on any atom is 0.259 e. The Morgan fingerprint density at radius 2 is 1.90 bits per heavy atom. The van der Waals surface area contributed by atoms with Gasteiger partial charge in [-0.3, -0.25) is 4.79 Å². The van der Waals surface area contributed by atoms with E-state index in [0.29, 0.717) is 29.2 Å². The molecule has 29 heavy (non-hydrogen) atoms. The Balaban J connectivity index is 1.39. The van der Waals surface area contributed by atoms with Gasteiger partial charge in [0.2, 0.25) is 11.8 Å². The van der Waals surface area contributed by atoms with E-state index in [9.17, 15) is 4.79 Å². The molecular formula is C22H30N4O3. The number of likely N-dealkylation sites (tertiary alicyclic amines) is 1. The highest BCUT2D eigenvalue weighted by atomic mass is 16.5. The fourth-order valence-electron chi connectivity index (χ4n) is 4.31. The predicted octanol–water partition coefficient (Wildman–Crippen LogP) is 3.42. The Bertz CT molecular complexity index is 867. The minimum Gasteiger partial charge on any atom is -0.481 e. The van der Waals surface area contributed by atoms with Crippen molar-refractivity contribution in [2.24, 2.45) is 5.92 Å². The van der Waals surface area contributed by atoms with E-state index in [4.69, 9.17) is 9.47 Å². The van der Waals surface area contributed by atoms with Gasteiger partial charge in [0.1, 0.15) is 11.4 Å². The van der Waals surface area contributed by atoms with Crippen LogP contribution >= 0.6 is 0 Å². The third-order valence-corrected chi connectivity index (χ3v) is 6.37. The van der Waals surface area contributed by atoms with E-state index < -0.39 is 0 Å². The zero-order chi connectivity index (χ0) is 20.4. The minimum atomic E-state index is -0.0237. The first-order valence-electron chi connectivity index (χ1n) is 10.5. The van der Waals surface area contributed by atoms with Crippen LogP contribution < -0.4 is 9.47 Å². The number of rotatable bonds is 6. The largest absolute Gasteiger partial charge is 0.481 e. The predicted molar refractivity (Wildman–Crippen MR) is 110 cm³/mol. The van der Waals surface area contributed by atoms with Crippen molar-refractivity contribution < 1.29 is 14.3 Å². The number of carbonyl (C=O) groups excluding carboxylic acids is 1. The van der Waals surface area contributed by atoms with Crippen LogP contribution in [0, 0.1) is 12.8 Å². The van der Waals surface area contributed by atoms with Crippen molar-refractivity contribution in [1.29, 1.82) is 0 Å². The quantitative estimate of drug-likeness (QED) is 0.746. The summed E-state index contributed by atoms with van der Waals surface area (Å²) < 4.78 is 12.9. The van der Waals surface area contributed by atoms with E-state index in [1.807, 2.05) is 11.1 Å². The van der Waals surface area contributed by atoms with E-state index in [1.165, 1.54) is 37.9 Å². The summed E-state index contributed by atoms with van der Waals surface area (Å²) in [5.41, 5.74) is 1.74. The summed E-state index contributed by atoms with van der Waals surface area (Å²) in [6, 6.07) is 3.44. The zero-order valence-electron chi connectivity index (χ0n) is 17.6. The van der Waals surface area contributed by atoms with Gasteiger partial charge in [0.15, 0.2) is 0 Å².